The molecule has 4 nitrogen and oxygen atoms in total. The minimum atomic E-state index is -0.204. The van der Waals surface area contributed by atoms with Crippen LogP contribution in [0.2, 0.25) is 0 Å². The second kappa shape index (κ2) is 6.27. The summed E-state index contributed by atoms with van der Waals surface area (Å²) in [6, 6.07) is 9.22. The molecule has 5 rings (SSSR count). The molecule has 1 aromatic rings. The minimum Gasteiger partial charge on any atom is -0.314 e. The predicted octanol–water partition coefficient (Wildman–Crippen LogP) is 2.24. The maximum atomic E-state index is 5.39. The number of benzene rings is 1. The summed E-state index contributed by atoms with van der Waals surface area (Å²) in [5.41, 5.74) is 2.59. The lowest BCUT2D eigenvalue weighted by molar-refractivity contribution is -0.107. The first-order valence-corrected chi connectivity index (χ1v) is 9.75. The molecule has 0 amide bonds. The lowest BCUT2D eigenvalue weighted by Crippen LogP contribution is -2.71. The number of likely N-dealkylation sites (tertiary alicyclic amines) is 1. The van der Waals surface area contributed by atoms with E-state index in [-0.39, 0.29) is 5.79 Å². The van der Waals surface area contributed by atoms with Crippen LogP contribution in [0.3, 0.4) is 0 Å². The smallest absolute Gasteiger partial charge is 0.175 e. The maximum Gasteiger partial charge on any atom is 0.175 e. The van der Waals surface area contributed by atoms with E-state index in [0.29, 0.717) is 12.0 Å². The summed E-state index contributed by atoms with van der Waals surface area (Å²) in [4.78, 5) is 5.35. The Morgan fingerprint density at radius 3 is 2.76 bits per heavy atom. The van der Waals surface area contributed by atoms with E-state index in [1.165, 1.54) is 24.1 Å². The third-order valence-corrected chi connectivity index (χ3v) is 6.31. The molecule has 25 heavy (non-hydrogen) atoms. The third kappa shape index (κ3) is 2.55. The summed E-state index contributed by atoms with van der Waals surface area (Å²) in [7, 11) is 0. The molecule has 0 spiro atoms. The lowest BCUT2D eigenvalue weighted by Gasteiger charge is -2.54. The van der Waals surface area contributed by atoms with Crippen molar-refractivity contribution >= 4 is 5.69 Å². The summed E-state index contributed by atoms with van der Waals surface area (Å²) < 4.78 is 0. The number of allylic oxidation sites excluding steroid dienone is 2. The van der Waals surface area contributed by atoms with Gasteiger partial charge in [-0.25, -0.2) is 5.32 Å². The van der Waals surface area contributed by atoms with E-state index < -0.39 is 0 Å². The van der Waals surface area contributed by atoms with Crippen LogP contribution in [-0.4, -0.2) is 54.4 Å². The molecule has 3 heterocycles. The Balaban J connectivity index is 1.54. The number of piperazine rings is 1. The van der Waals surface area contributed by atoms with Crippen LogP contribution >= 0.6 is 0 Å². The van der Waals surface area contributed by atoms with Gasteiger partial charge < -0.3 is 5.32 Å². The molecule has 1 N–H and O–H groups in total. The summed E-state index contributed by atoms with van der Waals surface area (Å²) in [6.45, 7) is 5.41. The molecule has 4 heteroatoms. The van der Waals surface area contributed by atoms with Gasteiger partial charge in [0.15, 0.2) is 5.79 Å². The van der Waals surface area contributed by atoms with Crippen molar-refractivity contribution in [2.24, 2.45) is 5.92 Å². The molecule has 3 atom stereocenters. The predicted molar refractivity (Wildman–Crippen MR) is 101 cm³/mol. The molecule has 3 unspecified atom stereocenters. The van der Waals surface area contributed by atoms with Crippen molar-refractivity contribution in [1.82, 2.24) is 20.4 Å². The van der Waals surface area contributed by atoms with E-state index in [2.05, 4.69) is 63.7 Å². The van der Waals surface area contributed by atoms with Crippen LogP contribution in [0.25, 0.3) is 0 Å². The van der Waals surface area contributed by atoms with Crippen molar-refractivity contribution in [2.45, 2.75) is 31.1 Å². The van der Waals surface area contributed by atoms with E-state index >= 15 is 0 Å². The zero-order valence-electron chi connectivity index (χ0n) is 14.8. The van der Waals surface area contributed by atoms with Crippen LogP contribution in [0.4, 0.5) is 5.69 Å². The molecule has 131 valence electrons. The fourth-order valence-electron chi connectivity index (χ4n) is 5.12. The summed E-state index contributed by atoms with van der Waals surface area (Å²) in [5.74, 6) is 0.433. The Morgan fingerprint density at radius 1 is 1.04 bits per heavy atom. The first-order valence-electron chi connectivity index (χ1n) is 9.75. The first-order chi connectivity index (χ1) is 12.4. The number of nitrogens with one attached hydrogen (secondary N) is 1. The SMILES string of the molecule is C1=CC2CCCN(C3(N4CCNCC4)Cc4ccccc4[N]3)C2C=C1. The van der Waals surface area contributed by atoms with Gasteiger partial charge in [-0.05, 0) is 30.4 Å². The van der Waals surface area contributed by atoms with Gasteiger partial charge in [0.1, 0.15) is 0 Å². The largest absolute Gasteiger partial charge is 0.314 e. The fraction of sp³-hybridized carbons (Fsp3) is 0.524. The van der Waals surface area contributed by atoms with Gasteiger partial charge in [0, 0.05) is 45.2 Å². The van der Waals surface area contributed by atoms with Crippen molar-refractivity contribution in [3.8, 4) is 0 Å². The Morgan fingerprint density at radius 2 is 1.88 bits per heavy atom. The number of rotatable bonds is 2. The number of nitrogens with zero attached hydrogens (tertiary/aromatic N) is 3. The first kappa shape index (κ1) is 15.6. The number of fused-ring (bicyclic) bond motifs is 2. The van der Waals surface area contributed by atoms with Crippen LogP contribution in [0.15, 0.2) is 48.6 Å². The van der Waals surface area contributed by atoms with Crippen molar-refractivity contribution < 1.29 is 0 Å². The molecule has 4 aliphatic rings. The molecule has 0 bridgehead atoms. The number of para-hydroxylation sites is 1. The monoisotopic (exact) mass is 335 g/mol. The highest BCUT2D eigenvalue weighted by molar-refractivity contribution is 5.51. The zero-order valence-corrected chi connectivity index (χ0v) is 14.8. The quantitative estimate of drug-likeness (QED) is 0.900. The van der Waals surface area contributed by atoms with E-state index in [1.54, 1.807) is 0 Å². The Hall–Kier alpha value is -1.62. The molecule has 0 saturated carbocycles. The molecule has 3 aliphatic heterocycles. The van der Waals surface area contributed by atoms with Crippen LogP contribution in [0, 0.1) is 5.92 Å². The highest BCUT2D eigenvalue weighted by atomic mass is 15.5. The molecule has 2 fully saturated rings. The van der Waals surface area contributed by atoms with Crippen LogP contribution in [-0.2, 0) is 6.42 Å². The van der Waals surface area contributed by atoms with E-state index in [1.807, 2.05) is 0 Å². The van der Waals surface area contributed by atoms with Gasteiger partial charge in [-0.3, -0.25) is 9.80 Å². The summed E-state index contributed by atoms with van der Waals surface area (Å²) in [5, 5.41) is 8.90. The molecular weight excluding hydrogens is 308 g/mol. The van der Waals surface area contributed by atoms with E-state index in [4.69, 9.17) is 5.32 Å². The van der Waals surface area contributed by atoms with Gasteiger partial charge >= 0.3 is 0 Å². The van der Waals surface area contributed by atoms with Gasteiger partial charge in [0.25, 0.3) is 0 Å². The highest BCUT2D eigenvalue weighted by Gasteiger charge is 2.52. The van der Waals surface area contributed by atoms with Crippen LogP contribution in [0.1, 0.15) is 18.4 Å². The van der Waals surface area contributed by atoms with Gasteiger partial charge in [0.2, 0.25) is 0 Å². The van der Waals surface area contributed by atoms with Crippen molar-refractivity contribution in [2.75, 3.05) is 32.7 Å². The van der Waals surface area contributed by atoms with Gasteiger partial charge in [-0.1, -0.05) is 42.5 Å². The molecule has 1 radical (unpaired) electrons. The number of hydrogen-bond acceptors (Lipinski definition) is 3. The van der Waals surface area contributed by atoms with Crippen LogP contribution in [0.5, 0.6) is 0 Å². The Bertz CT molecular complexity index is 664. The maximum absolute atomic E-state index is 5.39. The molecule has 1 aliphatic carbocycles. The average Bonchev–Trinajstić information content (AvgIpc) is 3.09. The molecule has 1 aromatic carbocycles. The average molecular weight is 335 g/mol. The van der Waals surface area contributed by atoms with Crippen molar-refractivity contribution in [3.05, 3.63) is 54.1 Å². The van der Waals surface area contributed by atoms with Gasteiger partial charge in [0.05, 0.1) is 5.69 Å². The molecule has 2 saturated heterocycles. The highest BCUT2D eigenvalue weighted by Crippen LogP contribution is 2.42. The second-order valence-electron chi connectivity index (χ2n) is 7.69. The summed E-state index contributed by atoms with van der Waals surface area (Å²) in [6.07, 6.45) is 12.8. The standard InChI is InChI=1S/C21H27N4/c1-3-9-19-18(7-1)16-21(23-19,24-14-11-22-12-15-24)25-13-5-8-17-6-2-4-10-20(17)25/h1-4,6-7,9-10,17,20,22H,5,8,11-16H2. The third-order valence-electron chi connectivity index (χ3n) is 6.31. The van der Waals surface area contributed by atoms with E-state index in [9.17, 15) is 0 Å². The minimum absolute atomic E-state index is 0.204. The number of piperidine rings is 1. The lowest BCUT2D eigenvalue weighted by atomic mass is 9.84. The van der Waals surface area contributed by atoms with E-state index in [0.717, 1.165) is 39.1 Å². The normalized spacial score (nSPS) is 35.2. The molecular formula is C21H27N4. The Kier molecular flexibility index (Phi) is 3.92. The van der Waals surface area contributed by atoms with Crippen molar-refractivity contribution in [3.63, 3.8) is 0 Å². The number of hydrogen-bond donors (Lipinski definition) is 1. The second-order valence-corrected chi connectivity index (χ2v) is 7.69. The summed E-state index contributed by atoms with van der Waals surface area (Å²) >= 11 is 0. The molecule has 0 aromatic heterocycles. The topological polar surface area (TPSA) is 32.6 Å². The van der Waals surface area contributed by atoms with Gasteiger partial charge in [-0.2, -0.15) is 0 Å². The zero-order chi connectivity index (χ0) is 16.7. The Labute approximate surface area is 150 Å². The van der Waals surface area contributed by atoms with Gasteiger partial charge in [-0.15, -0.1) is 0 Å². The fourth-order valence-corrected chi connectivity index (χ4v) is 5.12. The van der Waals surface area contributed by atoms with Crippen LogP contribution < -0.4 is 10.6 Å². The van der Waals surface area contributed by atoms with Crippen molar-refractivity contribution in [1.29, 1.82) is 0 Å².